The summed E-state index contributed by atoms with van der Waals surface area (Å²) in [6.45, 7) is 5.55. The number of benzene rings is 2. The summed E-state index contributed by atoms with van der Waals surface area (Å²) >= 11 is 0. The zero-order valence-corrected chi connectivity index (χ0v) is 17.0. The van der Waals surface area contributed by atoms with Crippen LogP contribution >= 0.6 is 0 Å². The number of fused-ring (bicyclic) bond motifs is 2. The molecule has 4 rings (SSSR count). The molecule has 0 aliphatic heterocycles. The summed E-state index contributed by atoms with van der Waals surface area (Å²) in [5.74, 6) is -1.01. The Morgan fingerprint density at radius 1 is 0.967 bits per heavy atom. The van der Waals surface area contributed by atoms with Crippen LogP contribution in [0, 0.1) is 0 Å². The van der Waals surface area contributed by atoms with Crippen LogP contribution in [0.25, 0.3) is 21.8 Å². The van der Waals surface area contributed by atoms with Gasteiger partial charge in [-0.05, 0) is 49.7 Å². The number of hydrogen-bond acceptors (Lipinski definition) is 5. The third-order valence-electron chi connectivity index (χ3n) is 4.83. The molecule has 0 saturated carbocycles. The van der Waals surface area contributed by atoms with Crippen LogP contribution in [0.15, 0.2) is 60.9 Å². The van der Waals surface area contributed by atoms with Crippen LogP contribution in [0.4, 0.5) is 5.69 Å². The maximum Gasteiger partial charge on any atom is 0.340 e. The van der Waals surface area contributed by atoms with Crippen LogP contribution < -0.4 is 5.32 Å². The molecular weight excluding hydrogens is 380 g/mol. The number of nitrogens with one attached hydrogen (secondary N) is 1. The molecule has 0 fully saturated rings. The van der Waals surface area contributed by atoms with Crippen LogP contribution in [0.5, 0.6) is 0 Å². The molecule has 2 aromatic carbocycles. The smallest absolute Gasteiger partial charge is 0.340 e. The lowest BCUT2D eigenvalue weighted by Crippen LogP contribution is -2.30. The quantitative estimate of drug-likeness (QED) is 0.502. The fourth-order valence-corrected chi connectivity index (χ4v) is 3.22. The summed E-state index contributed by atoms with van der Waals surface area (Å²) < 4.78 is 7.12. The number of amides is 1. The predicted molar refractivity (Wildman–Crippen MR) is 115 cm³/mol. The Hall–Kier alpha value is -3.74. The SMILES string of the molecule is CC(OC(=O)c1cnc2c(cnn2C(C)C)c1)C(=O)Nc1ccc2ccccc2c1. The first-order valence-corrected chi connectivity index (χ1v) is 9.76. The Morgan fingerprint density at radius 2 is 1.73 bits per heavy atom. The number of carbonyl (C=O) groups excluding carboxylic acids is 2. The van der Waals surface area contributed by atoms with Crippen LogP contribution in [-0.2, 0) is 9.53 Å². The largest absolute Gasteiger partial charge is 0.449 e. The zero-order valence-electron chi connectivity index (χ0n) is 17.0. The van der Waals surface area contributed by atoms with Crippen LogP contribution in [-0.4, -0.2) is 32.7 Å². The van der Waals surface area contributed by atoms with E-state index in [9.17, 15) is 9.59 Å². The van der Waals surface area contributed by atoms with E-state index < -0.39 is 18.0 Å². The Kier molecular flexibility index (Phi) is 5.18. The lowest BCUT2D eigenvalue weighted by atomic mass is 10.1. The summed E-state index contributed by atoms with van der Waals surface area (Å²) in [7, 11) is 0. The maximum absolute atomic E-state index is 12.5. The van der Waals surface area contributed by atoms with Gasteiger partial charge in [0.15, 0.2) is 11.8 Å². The number of pyridine rings is 1. The molecule has 152 valence electrons. The molecule has 30 heavy (non-hydrogen) atoms. The Morgan fingerprint density at radius 3 is 2.50 bits per heavy atom. The number of esters is 1. The van der Waals surface area contributed by atoms with E-state index in [1.54, 1.807) is 16.9 Å². The number of rotatable bonds is 5. The van der Waals surface area contributed by atoms with Crippen molar-refractivity contribution in [2.45, 2.75) is 32.9 Å². The fraction of sp³-hybridized carbons (Fsp3) is 0.217. The summed E-state index contributed by atoms with van der Waals surface area (Å²) in [6.07, 6.45) is 2.15. The highest BCUT2D eigenvalue weighted by Crippen LogP contribution is 2.20. The van der Waals surface area contributed by atoms with Gasteiger partial charge in [-0.2, -0.15) is 5.10 Å². The van der Waals surface area contributed by atoms with Gasteiger partial charge >= 0.3 is 5.97 Å². The second-order valence-electron chi connectivity index (χ2n) is 7.42. The number of aromatic nitrogens is 3. The summed E-state index contributed by atoms with van der Waals surface area (Å²) in [4.78, 5) is 29.3. The van der Waals surface area contributed by atoms with Gasteiger partial charge in [0.25, 0.3) is 5.91 Å². The molecule has 0 aliphatic carbocycles. The van der Waals surface area contributed by atoms with Crippen molar-refractivity contribution >= 4 is 39.4 Å². The fourth-order valence-electron chi connectivity index (χ4n) is 3.22. The lowest BCUT2D eigenvalue weighted by molar-refractivity contribution is -0.123. The third-order valence-corrected chi connectivity index (χ3v) is 4.83. The molecule has 1 amide bonds. The Balaban J connectivity index is 1.44. The van der Waals surface area contributed by atoms with Gasteiger partial charge in [0.1, 0.15) is 0 Å². The van der Waals surface area contributed by atoms with E-state index in [0.717, 1.165) is 16.2 Å². The van der Waals surface area contributed by atoms with Gasteiger partial charge in [0, 0.05) is 23.3 Å². The Bertz CT molecular complexity index is 1250. The van der Waals surface area contributed by atoms with Gasteiger partial charge in [-0.1, -0.05) is 30.3 Å². The molecule has 1 atom stereocenters. The van der Waals surface area contributed by atoms with E-state index in [4.69, 9.17) is 4.74 Å². The minimum atomic E-state index is -0.960. The molecule has 4 aromatic rings. The van der Waals surface area contributed by atoms with Crippen molar-refractivity contribution in [1.82, 2.24) is 14.8 Å². The van der Waals surface area contributed by atoms with Crippen molar-refractivity contribution in [3.63, 3.8) is 0 Å². The minimum absolute atomic E-state index is 0.159. The molecule has 7 nitrogen and oxygen atoms in total. The van der Waals surface area contributed by atoms with Crippen molar-refractivity contribution in [3.8, 4) is 0 Å². The van der Waals surface area contributed by atoms with Gasteiger partial charge in [-0.15, -0.1) is 0 Å². The number of hydrogen-bond donors (Lipinski definition) is 1. The summed E-state index contributed by atoms with van der Waals surface area (Å²) in [5, 5.41) is 9.92. The molecule has 0 saturated heterocycles. The first kappa shape index (κ1) is 19.6. The van der Waals surface area contributed by atoms with E-state index in [2.05, 4.69) is 15.4 Å². The average Bonchev–Trinajstić information content (AvgIpc) is 3.17. The minimum Gasteiger partial charge on any atom is -0.449 e. The van der Waals surface area contributed by atoms with Gasteiger partial charge in [0.2, 0.25) is 0 Å². The van der Waals surface area contributed by atoms with E-state index >= 15 is 0 Å². The highest BCUT2D eigenvalue weighted by atomic mass is 16.5. The highest BCUT2D eigenvalue weighted by molar-refractivity contribution is 5.99. The highest BCUT2D eigenvalue weighted by Gasteiger charge is 2.20. The van der Waals surface area contributed by atoms with Crippen molar-refractivity contribution in [2.75, 3.05) is 5.32 Å². The third kappa shape index (κ3) is 3.87. The maximum atomic E-state index is 12.5. The summed E-state index contributed by atoms with van der Waals surface area (Å²) in [6, 6.07) is 15.3. The normalized spacial score (nSPS) is 12.3. The topological polar surface area (TPSA) is 86.1 Å². The van der Waals surface area contributed by atoms with Crippen molar-refractivity contribution in [2.24, 2.45) is 0 Å². The van der Waals surface area contributed by atoms with E-state index in [1.807, 2.05) is 56.3 Å². The van der Waals surface area contributed by atoms with Gasteiger partial charge in [0.05, 0.1) is 11.8 Å². The first-order valence-electron chi connectivity index (χ1n) is 9.76. The Labute approximate surface area is 173 Å². The standard InChI is InChI=1S/C23H22N4O3/c1-14(2)27-21-18(13-25-27)10-19(12-24-21)23(29)30-15(3)22(28)26-20-9-8-16-6-4-5-7-17(16)11-20/h4-15H,1-3H3,(H,26,28). The van der Waals surface area contributed by atoms with E-state index in [-0.39, 0.29) is 11.6 Å². The molecule has 0 aliphatic rings. The first-order chi connectivity index (χ1) is 14.4. The van der Waals surface area contributed by atoms with E-state index in [0.29, 0.717) is 11.3 Å². The van der Waals surface area contributed by atoms with Crippen molar-refractivity contribution < 1.29 is 14.3 Å². The molecular formula is C23H22N4O3. The number of anilines is 1. The van der Waals surface area contributed by atoms with Crippen molar-refractivity contribution in [3.05, 3.63) is 66.5 Å². The molecule has 1 N–H and O–H groups in total. The number of nitrogens with zero attached hydrogens (tertiary/aromatic N) is 3. The molecule has 1 unspecified atom stereocenters. The van der Waals surface area contributed by atoms with Crippen LogP contribution in [0.2, 0.25) is 0 Å². The monoisotopic (exact) mass is 402 g/mol. The second-order valence-corrected chi connectivity index (χ2v) is 7.42. The van der Waals surface area contributed by atoms with Crippen molar-refractivity contribution in [1.29, 1.82) is 0 Å². The van der Waals surface area contributed by atoms with Crippen LogP contribution in [0.1, 0.15) is 37.2 Å². The lowest BCUT2D eigenvalue weighted by Gasteiger charge is -2.14. The van der Waals surface area contributed by atoms with Gasteiger partial charge < -0.3 is 10.1 Å². The second kappa shape index (κ2) is 7.94. The number of carbonyl (C=O) groups is 2. The zero-order chi connectivity index (χ0) is 21.3. The number of ether oxygens (including phenoxy) is 1. The predicted octanol–water partition coefficient (Wildman–Crippen LogP) is 4.35. The molecule has 7 heteroatoms. The molecule has 0 radical (unpaired) electrons. The molecule has 0 spiro atoms. The molecule has 2 heterocycles. The van der Waals surface area contributed by atoms with Crippen LogP contribution in [0.3, 0.4) is 0 Å². The van der Waals surface area contributed by atoms with Gasteiger partial charge in [-0.25, -0.2) is 14.5 Å². The van der Waals surface area contributed by atoms with E-state index in [1.165, 1.54) is 13.1 Å². The molecule has 0 bridgehead atoms. The van der Waals surface area contributed by atoms with Gasteiger partial charge in [-0.3, -0.25) is 4.79 Å². The summed E-state index contributed by atoms with van der Waals surface area (Å²) in [5.41, 5.74) is 1.62. The molecule has 2 aromatic heterocycles. The average molecular weight is 402 g/mol.